The standard InChI is InChI=1S/C27H33N3O4S.C18H18N2OS.CH4.ClH/c1-27(2,3)34-26(32)29-12-11-21(17-29)35-24-15-19(18-7-9-20(31)10-8-18)14-23-22(24)16-28-30(23)25-6-4-5-13-33-25;21-15-3-1-12(2-4-15)13-7-14-9-20-11-17(14)18(8-13)22-16-5-6-19-10-16;;/h7-10,14-16,21,25,31H,4-6,11-13,17H2,1-3H3;1-4,7-8,11,16,19,21H,5-6,9-10H2;1H4;1H/t21-,25?;16-;;/m00../s1. The molecule has 13 heteroatoms. The van der Waals surface area contributed by atoms with Gasteiger partial charge in [-0.15, -0.1) is 35.9 Å². The predicted molar refractivity (Wildman–Crippen MR) is 244 cm³/mol. The lowest BCUT2D eigenvalue weighted by Gasteiger charge is -2.24. The number of carbonyl (C=O) groups is 1. The zero-order valence-electron chi connectivity index (χ0n) is 33.2. The van der Waals surface area contributed by atoms with Crippen LogP contribution in [0.3, 0.4) is 0 Å². The molecule has 10 nitrogen and oxygen atoms in total. The Bertz CT molecular complexity index is 2230. The normalized spacial score (nSPS) is 19.7. The summed E-state index contributed by atoms with van der Waals surface area (Å²) in [6, 6.07) is 23.6. The van der Waals surface area contributed by atoms with Crippen molar-refractivity contribution in [3.8, 4) is 33.8 Å². The number of nitrogens with one attached hydrogen (secondary N) is 1. The van der Waals surface area contributed by atoms with Gasteiger partial charge in [0, 0.05) is 63.7 Å². The van der Waals surface area contributed by atoms with E-state index in [1.807, 2.05) is 78.8 Å². The van der Waals surface area contributed by atoms with Crippen LogP contribution in [0, 0.1) is 0 Å². The Morgan fingerprint density at radius 1 is 0.864 bits per heavy atom. The number of aliphatic imine (C=N–C) groups is 1. The van der Waals surface area contributed by atoms with Crippen LogP contribution in [0.25, 0.3) is 33.2 Å². The first-order valence-electron chi connectivity index (χ1n) is 20.0. The van der Waals surface area contributed by atoms with E-state index in [-0.39, 0.29) is 43.2 Å². The number of amides is 1. The molecule has 0 saturated carbocycles. The molecular weight excluding hydrogens is 802 g/mol. The first kappa shape index (κ1) is 44.4. The van der Waals surface area contributed by atoms with E-state index in [2.05, 4.69) is 34.6 Å². The molecule has 0 radical (unpaired) electrons. The summed E-state index contributed by atoms with van der Waals surface area (Å²) < 4.78 is 13.6. The molecule has 314 valence electrons. The molecule has 4 aliphatic heterocycles. The van der Waals surface area contributed by atoms with Gasteiger partial charge < -0.3 is 29.9 Å². The number of hydrogen-bond acceptors (Lipinski definition) is 10. The molecule has 5 heterocycles. The average molecular weight is 859 g/mol. The lowest BCUT2D eigenvalue weighted by atomic mass is 10.0. The van der Waals surface area contributed by atoms with Crippen LogP contribution in [0.5, 0.6) is 11.5 Å². The summed E-state index contributed by atoms with van der Waals surface area (Å²) in [5, 5.41) is 29.4. The van der Waals surface area contributed by atoms with E-state index in [1.165, 1.54) is 28.0 Å². The molecule has 1 aromatic heterocycles. The molecule has 9 rings (SSSR count). The van der Waals surface area contributed by atoms with Crippen molar-refractivity contribution in [3.63, 3.8) is 0 Å². The molecule has 3 N–H and O–H groups in total. The van der Waals surface area contributed by atoms with Gasteiger partial charge in [-0.3, -0.25) is 4.99 Å². The van der Waals surface area contributed by atoms with Crippen molar-refractivity contribution in [3.05, 3.63) is 90.1 Å². The number of nitrogens with zero attached hydrogens (tertiary/aromatic N) is 4. The second-order valence-electron chi connectivity index (χ2n) is 16.1. The van der Waals surface area contributed by atoms with Gasteiger partial charge in [0.25, 0.3) is 0 Å². The van der Waals surface area contributed by atoms with Gasteiger partial charge in [-0.2, -0.15) is 5.10 Å². The van der Waals surface area contributed by atoms with E-state index in [0.717, 1.165) is 84.4 Å². The molecule has 3 fully saturated rings. The molecular formula is C46H56ClN5O5S2. The highest BCUT2D eigenvalue weighted by atomic mass is 35.5. The summed E-state index contributed by atoms with van der Waals surface area (Å²) in [5.74, 6) is 0.554. The fourth-order valence-corrected chi connectivity index (χ4v) is 10.3. The van der Waals surface area contributed by atoms with Gasteiger partial charge in [0.05, 0.1) is 18.3 Å². The summed E-state index contributed by atoms with van der Waals surface area (Å²) >= 11 is 3.76. The van der Waals surface area contributed by atoms with Crippen LogP contribution in [0.2, 0.25) is 0 Å². The van der Waals surface area contributed by atoms with Gasteiger partial charge in [0.1, 0.15) is 17.1 Å². The van der Waals surface area contributed by atoms with Crippen molar-refractivity contribution in [2.75, 3.05) is 32.8 Å². The number of aromatic hydroxyl groups is 2. The zero-order chi connectivity index (χ0) is 39.5. The van der Waals surface area contributed by atoms with Gasteiger partial charge in [-0.25, -0.2) is 9.48 Å². The van der Waals surface area contributed by atoms with E-state index < -0.39 is 5.60 Å². The number of carbonyl (C=O) groups excluding carboxylic acids is 1. The number of aromatic nitrogens is 2. The van der Waals surface area contributed by atoms with Crippen LogP contribution in [0.4, 0.5) is 4.79 Å². The Balaban J connectivity index is 0.000000210. The van der Waals surface area contributed by atoms with Crippen LogP contribution in [-0.4, -0.2) is 86.1 Å². The van der Waals surface area contributed by atoms with E-state index >= 15 is 0 Å². The molecule has 0 aliphatic carbocycles. The fourth-order valence-electron chi connectivity index (χ4n) is 7.70. The van der Waals surface area contributed by atoms with E-state index in [1.54, 1.807) is 36.0 Å². The topological polar surface area (TPSA) is 121 Å². The first-order chi connectivity index (χ1) is 27.6. The maximum Gasteiger partial charge on any atom is 0.410 e. The number of phenols is 2. The van der Waals surface area contributed by atoms with Gasteiger partial charge in [-0.1, -0.05) is 31.7 Å². The summed E-state index contributed by atoms with van der Waals surface area (Å²) in [6.45, 7) is 10.8. The maximum absolute atomic E-state index is 12.6. The van der Waals surface area contributed by atoms with Crippen molar-refractivity contribution in [2.45, 2.75) is 99.0 Å². The second kappa shape index (κ2) is 19.5. The van der Waals surface area contributed by atoms with Crippen molar-refractivity contribution < 1.29 is 24.5 Å². The van der Waals surface area contributed by atoms with E-state index in [0.29, 0.717) is 24.1 Å². The number of fused-ring (bicyclic) bond motifs is 2. The van der Waals surface area contributed by atoms with Crippen LogP contribution in [0.1, 0.15) is 77.7 Å². The van der Waals surface area contributed by atoms with Gasteiger partial charge in [-0.05, 0) is 136 Å². The Morgan fingerprint density at radius 3 is 2.19 bits per heavy atom. The lowest BCUT2D eigenvalue weighted by molar-refractivity contribution is -0.0366. The third-order valence-electron chi connectivity index (χ3n) is 10.6. The Hall–Kier alpha value is -4.20. The third-order valence-corrected chi connectivity index (χ3v) is 13.3. The number of thioether (sulfide) groups is 2. The first-order valence-corrected chi connectivity index (χ1v) is 21.7. The SMILES string of the molecule is C.CC(C)(C)OC(=O)N1CC[C@H](Sc2cc(-c3ccc(O)cc3)cc3c2cnn3C2CCCCO2)C1.Cl.Oc1ccc(-c2cc3c(c(S[C@H]4CCNC4)c2)C=NC3)cc1. The molecule has 5 aromatic rings. The van der Waals surface area contributed by atoms with Crippen molar-refractivity contribution in [1.82, 2.24) is 20.0 Å². The molecule has 59 heavy (non-hydrogen) atoms. The highest BCUT2D eigenvalue weighted by Crippen LogP contribution is 2.40. The number of likely N-dealkylation sites (tertiary alicyclic amines) is 1. The molecule has 4 aliphatic rings. The molecule has 0 spiro atoms. The number of halogens is 1. The predicted octanol–water partition coefficient (Wildman–Crippen LogP) is 10.7. The molecule has 3 saturated heterocycles. The van der Waals surface area contributed by atoms with Gasteiger partial charge in [0.15, 0.2) is 6.23 Å². The van der Waals surface area contributed by atoms with Crippen molar-refractivity contribution >= 4 is 59.1 Å². The number of hydrogen-bond donors (Lipinski definition) is 3. The number of rotatable bonds is 7. The minimum Gasteiger partial charge on any atom is -0.508 e. The third kappa shape index (κ3) is 10.8. The highest BCUT2D eigenvalue weighted by Gasteiger charge is 2.31. The summed E-state index contributed by atoms with van der Waals surface area (Å²) in [5.41, 5.74) is 7.59. The minimum absolute atomic E-state index is 0. The van der Waals surface area contributed by atoms with Crippen LogP contribution < -0.4 is 5.32 Å². The molecule has 0 bridgehead atoms. The Labute approximate surface area is 362 Å². The number of benzene rings is 4. The fraction of sp³-hybridized carbons (Fsp3) is 0.413. The molecule has 4 aromatic carbocycles. The summed E-state index contributed by atoms with van der Waals surface area (Å²) in [4.78, 5) is 21.3. The van der Waals surface area contributed by atoms with Crippen LogP contribution in [-0.2, 0) is 16.0 Å². The second-order valence-corrected chi connectivity index (χ2v) is 18.8. The van der Waals surface area contributed by atoms with Crippen molar-refractivity contribution in [1.29, 1.82) is 0 Å². The minimum atomic E-state index is -0.497. The van der Waals surface area contributed by atoms with Crippen molar-refractivity contribution in [2.24, 2.45) is 4.99 Å². The quantitative estimate of drug-likeness (QED) is 0.147. The van der Waals surface area contributed by atoms with Gasteiger partial charge in [0.2, 0.25) is 0 Å². The maximum atomic E-state index is 12.6. The molecule has 1 unspecified atom stereocenters. The largest absolute Gasteiger partial charge is 0.508 e. The lowest BCUT2D eigenvalue weighted by Crippen LogP contribution is -2.35. The zero-order valence-corrected chi connectivity index (χ0v) is 35.7. The number of ether oxygens (including phenoxy) is 2. The highest BCUT2D eigenvalue weighted by molar-refractivity contribution is 8.00. The van der Waals surface area contributed by atoms with E-state index in [4.69, 9.17) is 14.6 Å². The average Bonchev–Trinajstić information content (AvgIpc) is 4.04. The summed E-state index contributed by atoms with van der Waals surface area (Å²) in [7, 11) is 0. The summed E-state index contributed by atoms with van der Waals surface area (Å²) in [6.07, 6.45) is 8.97. The Morgan fingerprint density at radius 2 is 1.54 bits per heavy atom. The molecule has 3 atom stereocenters. The van der Waals surface area contributed by atoms with Crippen LogP contribution in [0.15, 0.2) is 93.8 Å². The van der Waals surface area contributed by atoms with E-state index in [9.17, 15) is 15.0 Å². The Kier molecular flexibility index (Phi) is 14.6. The van der Waals surface area contributed by atoms with Gasteiger partial charge >= 0.3 is 6.09 Å². The van der Waals surface area contributed by atoms with Crippen LogP contribution >= 0.6 is 35.9 Å². The monoisotopic (exact) mass is 857 g/mol. The smallest absolute Gasteiger partial charge is 0.410 e. The molecule has 1 amide bonds. The number of phenolic OH excluding ortho intramolecular Hbond substituents is 2.